The first-order valence-corrected chi connectivity index (χ1v) is 8.22. The molecule has 3 rings (SSSR count). The zero-order valence-corrected chi connectivity index (χ0v) is 13.8. The Bertz CT molecular complexity index is 695. The van der Waals surface area contributed by atoms with Gasteiger partial charge in [0.2, 0.25) is 0 Å². The Hall–Kier alpha value is -1.85. The fourth-order valence-electron chi connectivity index (χ4n) is 2.80. The van der Waals surface area contributed by atoms with Gasteiger partial charge in [-0.25, -0.2) is 4.68 Å². The SMILES string of the molecule is Cc1nn(-c2ccccc2)c(Cl)c1C(=O)NC(CCO)C1CC1. The molecule has 0 saturated heterocycles. The van der Waals surface area contributed by atoms with E-state index in [0.29, 0.717) is 28.7 Å². The van der Waals surface area contributed by atoms with Crippen LogP contribution in [-0.2, 0) is 0 Å². The molecule has 1 aliphatic rings. The zero-order chi connectivity index (χ0) is 16.4. The van der Waals surface area contributed by atoms with Crippen LogP contribution in [0.15, 0.2) is 30.3 Å². The van der Waals surface area contributed by atoms with E-state index in [1.165, 1.54) is 0 Å². The number of carbonyl (C=O) groups is 1. The number of hydrogen-bond donors (Lipinski definition) is 2. The first-order valence-electron chi connectivity index (χ1n) is 7.84. The van der Waals surface area contributed by atoms with Crippen molar-refractivity contribution in [1.82, 2.24) is 15.1 Å². The van der Waals surface area contributed by atoms with Crippen molar-refractivity contribution in [1.29, 1.82) is 0 Å². The van der Waals surface area contributed by atoms with Gasteiger partial charge in [0.1, 0.15) is 5.15 Å². The Balaban J connectivity index is 1.85. The summed E-state index contributed by atoms with van der Waals surface area (Å²) in [5.74, 6) is 0.245. The van der Waals surface area contributed by atoms with Gasteiger partial charge in [-0.2, -0.15) is 5.10 Å². The fraction of sp³-hybridized carbons (Fsp3) is 0.412. The molecule has 1 fully saturated rings. The molecule has 1 amide bonds. The fourth-order valence-corrected chi connectivity index (χ4v) is 3.16. The summed E-state index contributed by atoms with van der Waals surface area (Å²) in [7, 11) is 0. The van der Waals surface area contributed by atoms with Gasteiger partial charge >= 0.3 is 0 Å². The number of aliphatic hydroxyl groups is 1. The molecular weight excluding hydrogens is 314 g/mol. The molecule has 0 spiro atoms. The standard InChI is InChI=1S/C17H20ClN3O2/c1-11-15(17(23)19-14(9-10-22)12-7-8-12)16(18)21(20-11)13-5-3-2-4-6-13/h2-6,12,14,22H,7-10H2,1H3,(H,19,23). The van der Waals surface area contributed by atoms with E-state index in [-0.39, 0.29) is 18.6 Å². The number of amides is 1. The number of nitrogens with one attached hydrogen (secondary N) is 1. The minimum absolute atomic E-state index is 0.00282. The number of aromatic nitrogens is 2. The molecule has 0 bridgehead atoms. The van der Waals surface area contributed by atoms with Gasteiger partial charge in [0.05, 0.1) is 16.9 Å². The third-order valence-corrected chi connectivity index (χ3v) is 4.53. The number of hydrogen-bond acceptors (Lipinski definition) is 3. The number of benzene rings is 1. The lowest BCUT2D eigenvalue weighted by atomic mass is 10.1. The lowest BCUT2D eigenvalue weighted by molar-refractivity contribution is 0.0924. The Morgan fingerprint density at radius 3 is 2.74 bits per heavy atom. The van der Waals surface area contributed by atoms with E-state index in [4.69, 9.17) is 16.7 Å². The van der Waals surface area contributed by atoms with Crippen LogP contribution in [-0.4, -0.2) is 33.4 Å². The molecular formula is C17H20ClN3O2. The van der Waals surface area contributed by atoms with Crippen LogP contribution in [0.5, 0.6) is 0 Å². The lowest BCUT2D eigenvalue weighted by Gasteiger charge is -2.17. The van der Waals surface area contributed by atoms with E-state index in [9.17, 15) is 4.79 Å². The summed E-state index contributed by atoms with van der Waals surface area (Å²) in [5.41, 5.74) is 1.81. The minimum Gasteiger partial charge on any atom is -0.396 e. The van der Waals surface area contributed by atoms with Crippen molar-refractivity contribution >= 4 is 17.5 Å². The predicted molar refractivity (Wildman–Crippen MR) is 89.0 cm³/mol. The summed E-state index contributed by atoms with van der Waals surface area (Å²) >= 11 is 6.40. The highest BCUT2D eigenvalue weighted by Gasteiger charge is 2.33. The largest absolute Gasteiger partial charge is 0.396 e. The number of aryl methyl sites for hydroxylation is 1. The highest BCUT2D eigenvalue weighted by molar-refractivity contribution is 6.33. The number of nitrogens with zero attached hydrogens (tertiary/aromatic N) is 2. The molecule has 6 heteroatoms. The van der Waals surface area contributed by atoms with Gasteiger partial charge in [-0.1, -0.05) is 29.8 Å². The molecule has 0 radical (unpaired) electrons. The van der Waals surface area contributed by atoms with Gasteiger partial charge in [0, 0.05) is 12.6 Å². The summed E-state index contributed by atoms with van der Waals surface area (Å²) in [6.07, 6.45) is 2.77. The molecule has 1 aromatic heterocycles. The van der Waals surface area contributed by atoms with E-state index < -0.39 is 0 Å². The molecule has 122 valence electrons. The van der Waals surface area contributed by atoms with Crippen LogP contribution in [0.1, 0.15) is 35.3 Å². The van der Waals surface area contributed by atoms with Gasteiger partial charge in [0.15, 0.2) is 0 Å². The maximum Gasteiger partial charge on any atom is 0.256 e. The summed E-state index contributed by atoms with van der Waals surface area (Å²) in [5, 5.41) is 16.9. The van der Waals surface area contributed by atoms with Gasteiger partial charge in [-0.15, -0.1) is 0 Å². The highest BCUT2D eigenvalue weighted by Crippen LogP contribution is 2.34. The molecule has 2 aromatic rings. The van der Waals surface area contributed by atoms with Crippen molar-refractivity contribution in [2.24, 2.45) is 5.92 Å². The number of carbonyl (C=O) groups excluding carboxylic acids is 1. The first-order chi connectivity index (χ1) is 11.1. The molecule has 1 saturated carbocycles. The van der Waals surface area contributed by atoms with Crippen LogP contribution in [0, 0.1) is 12.8 Å². The van der Waals surface area contributed by atoms with E-state index in [0.717, 1.165) is 18.5 Å². The third kappa shape index (κ3) is 3.41. The smallest absolute Gasteiger partial charge is 0.256 e. The number of aliphatic hydroxyl groups excluding tert-OH is 1. The number of para-hydroxylation sites is 1. The average Bonchev–Trinajstić information content (AvgIpc) is 3.33. The monoisotopic (exact) mass is 333 g/mol. The molecule has 2 N–H and O–H groups in total. The van der Waals surface area contributed by atoms with Crippen LogP contribution in [0.4, 0.5) is 0 Å². The van der Waals surface area contributed by atoms with Crippen molar-refractivity contribution in [2.45, 2.75) is 32.2 Å². The maximum atomic E-state index is 12.6. The Labute approximate surface area is 140 Å². The van der Waals surface area contributed by atoms with Crippen molar-refractivity contribution in [3.63, 3.8) is 0 Å². The van der Waals surface area contributed by atoms with Crippen molar-refractivity contribution in [2.75, 3.05) is 6.61 Å². The highest BCUT2D eigenvalue weighted by atomic mass is 35.5. The van der Waals surface area contributed by atoms with Crippen molar-refractivity contribution < 1.29 is 9.90 Å². The Morgan fingerprint density at radius 1 is 1.43 bits per heavy atom. The Morgan fingerprint density at radius 2 is 2.13 bits per heavy atom. The van der Waals surface area contributed by atoms with E-state index in [2.05, 4.69) is 10.4 Å². The lowest BCUT2D eigenvalue weighted by Crippen LogP contribution is -2.37. The third-order valence-electron chi connectivity index (χ3n) is 4.18. The van der Waals surface area contributed by atoms with Crippen LogP contribution in [0.2, 0.25) is 5.15 Å². The van der Waals surface area contributed by atoms with Crippen LogP contribution < -0.4 is 5.32 Å². The topological polar surface area (TPSA) is 67.2 Å². The normalized spacial score (nSPS) is 15.4. The van der Waals surface area contributed by atoms with E-state index >= 15 is 0 Å². The number of halogens is 1. The van der Waals surface area contributed by atoms with Crippen LogP contribution in [0.25, 0.3) is 5.69 Å². The molecule has 1 heterocycles. The van der Waals surface area contributed by atoms with Gasteiger partial charge < -0.3 is 10.4 Å². The molecule has 1 unspecified atom stereocenters. The number of rotatable bonds is 6. The molecule has 0 aliphatic heterocycles. The van der Waals surface area contributed by atoms with Crippen molar-refractivity contribution in [3.05, 3.63) is 46.7 Å². The summed E-state index contributed by atoms with van der Waals surface area (Å²) in [6, 6.07) is 9.48. The van der Waals surface area contributed by atoms with Crippen LogP contribution >= 0.6 is 11.6 Å². The Kier molecular flexibility index (Phi) is 4.68. The molecule has 1 aromatic carbocycles. The second-order valence-corrected chi connectivity index (χ2v) is 6.29. The van der Waals surface area contributed by atoms with E-state index in [1.54, 1.807) is 11.6 Å². The molecule has 1 atom stereocenters. The first kappa shape index (κ1) is 16.0. The minimum atomic E-state index is -0.222. The second kappa shape index (κ2) is 6.72. The maximum absolute atomic E-state index is 12.6. The van der Waals surface area contributed by atoms with Gasteiger partial charge in [-0.05, 0) is 44.2 Å². The summed E-state index contributed by atoms with van der Waals surface area (Å²) in [6.45, 7) is 1.84. The summed E-state index contributed by atoms with van der Waals surface area (Å²) < 4.78 is 1.57. The van der Waals surface area contributed by atoms with Crippen molar-refractivity contribution in [3.8, 4) is 5.69 Å². The zero-order valence-electron chi connectivity index (χ0n) is 13.0. The second-order valence-electron chi connectivity index (χ2n) is 5.93. The predicted octanol–water partition coefficient (Wildman–Crippen LogP) is 2.72. The van der Waals surface area contributed by atoms with Gasteiger partial charge in [0.25, 0.3) is 5.91 Å². The quantitative estimate of drug-likeness (QED) is 0.854. The van der Waals surface area contributed by atoms with Gasteiger partial charge in [-0.3, -0.25) is 4.79 Å². The molecule has 5 nitrogen and oxygen atoms in total. The average molecular weight is 334 g/mol. The van der Waals surface area contributed by atoms with E-state index in [1.807, 2.05) is 30.3 Å². The summed E-state index contributed by atoms with van der Waals surface area (Å²) in [4.78, 5) is 12.6. The van der Waals surface area contributed by atoms with Crippen LogP contribution in [0.3, 0.4) is 0 Å². The molecule has 1 aliphatic carbocycles. The molecule has 23 heavy (non-hydrogen) atoms.